The van der Waals surface area contributed by atoms with Crippen LogP contribution in [0.5, 0.6) is 0 Å². The molecular formula is C15H25FN2O. The molecule has 0 radical (unpaired) electrons. The van der Waals surface area contributed by atoms with E-state index in [9.17, 15) is 4.39 Å². The fourth-order valence-electron chi connectivity index (χ4n) is 2.07. The summed E-state index contributed by atoms with van der Waals surface area (Å²) < 4.78 is 18.1. The molecule has 1 aromatic rings. The first kappa shape index (κ1) is 16.1. The molecule has 1 rings (SSSR count). The molecule has 1 aromatic carbocycles. The van der Waals surface area contributed by atoms with Crippen molar-refractivity contribution in [2.75, 3.05) is 33.9 Å². The summed E-state index contributed by atoms with van der Waals surface area (Å²) in [5, 5.41) is 3.47. The zero-order chi connectivity index (χ0) is 14.1. The van der Waals surface area contributed by atoms with Crippen LogP contribution < -0.4 is 5.32 Å². The van der Waals surface area contributed by atoms with E-state index in [0.717, 1.165) is 31.6 Å². The molecule has 19 heavy (non-hydrogen) atoms. The summed E-state index contributed by atoms with van der Waals surface area (Å²) in [5.74, 6) is -0.187. The molecule has 0 fully saturated rings. The normalized spacial score (nSPS) is 12.9. The fraction of sp³-hybridized carbons (Fsp3) is 0.600. The predicted octanol–water partition coefficient (Wildman–Crippen LogP) is 2.27. The van der Waals surface area contributed by atoms with E-state index < -0.39 is 0 Å². The average molecular weight is 268 g/mol. The molecule has 0 saturated heterocycles. The molecule has 0 aliphatic carbocycles. The lowest BCUT2D eigenvalue weighted by Crippen LogP contribution is -2.42. The Labute approximate surface area is 115 Å². The van der Waals surface area contributed by atoms with E-state index in [1.807, 2.05) is 12.1 Å². The Kier molecular flexibility index (Phi) is 7.63. The quantitative estimate of drug-likeness (QED) is 0.743. The Morgan fingerprint density at radius 2 is 2.00 bits per heavy atom. The minimum absolute atomic E-state index is 0.187. The number of hydrogen-bond donors (Lipinski definition) is 1. The Balaban J connectivity index is 2.42. The fourth-order valence-corrected chi connectivity index (χ4v) is 2.07. The minimum atomic E-state index is -0.187. The highest BCUT2D eigenvalue weighted by Crippen LogP contribution is 2.06. The van der Waals surface area contributed by atoms with Crippen LogP contribution in [0.2, 0.25) is 0 Å². The molecule has 3 nitrogen and oxygen atoms in total. The van der Waals surface area contributed by atoms with Crippen molar-refractivity contribution >= 4 is 0 Å². The lowest BCUT2D eigenvalue weighted by Gasteiger charge is -2.24. The molecule has 0 aliphatic rings. The summed E-state index contributed by atoms with van der Waals surface area (Å²) in [6, 6.07) is 7.00. The van der Waals surface area contributed by atoms with Crippen LogP contribution >= 0.6 is 0 Å². The smallest absolute Gasteiger partial charge is 0.123 e. The van der Waals surface area contributed by atoms with E-state index in [2.05, 4.69) is 24.2 Å². The van der Waals surface area contributed by atoms with Crippen LogP contribution in [-0.4, -0.2) is 44.8 Å². The maximum absolute atomic E-state index is 12.8. The third kappa shape index (κ3) is 6.66. The first-order valence-electron chi connectivity index (χ1n) is 6.81. The van der Waals surface area contributed by atoms with Crippen LogP contribution in [0.15, 0.2) is 24.3 Å². The van der Waals surface area contributed by atoms with Gasteiger partial charge in [-0.05, 0) is 37.7 Å². The van der Waals surface area contributed by atoms with Gasteiger partial charge in [-0.2, -0.15) is 0 Å². The summed E-state index contributed by atoms with van der Waals surface area (Å²) in [5.41, 5.74) is 1.12. The number of likely N-dealkylation sites (N-methyl/N-ethyl adjacent to an activating group) is 1. The Morgan fingerprint density at radius 1 is 1.32 bits per heavy atom. The number of rotatable bonds is 9. The molecule has 4 heteroatoms. The molecule has 0 aromatic heterocycles. The van der Waals surface area contributed by atoms with Crippen molar-refractivity contribution in [3.8, 4) is 0 Å². The van der Waals surface area contributed by atoms with Gasteiger partial charge in [0.1, 0.15) is 5.82 Å². The van der Waals surface area contributed by atoms with E-state index >= 15 is 0 Å². The Morgan fingerprint density at radius 3 is 2.58 bits per heavy atom. The first-order valence-corrected chi connectivity index (χ1v) is 6.81. The van der Waals surface area contributed by atoms with Crippen molar-refractivity contribution < 1.29 is 9.13 Å². The van der Waals surface area contributed by atoms with Gasteiger partial charge in [0.15, 0.2) is 0 Å². The third-order valence-electron chi connectivity index (χ3n) is 2.95. The molecule has 1 unspecified atom stereocenters. The van der Waals surface area contributed by atoms with Gasteiger partial charge >= 0.3 is 0 Å². The van der Waals surface area contributed by atoms with Gasteiger partial charge in [0.05, 0.1) is 6.61 Å². The first-order chi connectivity index (χ1) is 9.15. The Bertz CT molecular complexity index is 343. The lowest BCUT2D eigenvalue weighted by atomic mass is 10.2. The van der Waals surface area contributed by atoms with E-state index in [4.69, 9.17) is 4.74 Å². The van der Waals surface area contributed by atoms with Gasteiger partial charge in [0.2, 0.25) is 0 Å². The highest BCUT2D eigenvalue weighted by Gasteiger charge is 2.10. The lowest BCUT2D eigenvalue weighted by molar-refractivity contribution is 0.144. The van der Waals surface area contributed by atoms with Gasteiger partial charge in [0.25, 0.3) is 0 Å². The molecule has 0 aliphatic heterocycles. The standard InChI is InChI=1S/C15H25FN2O/c1-4-9-17-15(12-19-3)11-18(2)10-13-5-7-14(16)8-6-13/h5-8,15,17H,4,9-12H2,1-3H3. The molecule has 0 saturated carbocycles. The maximum atomic E-state index is 12.8. The van der Waals surface area contributed by atoms with E-state index in [-0.39, 0.29) is 5.82 Å². The summed E-state index contributed by atoms with van der Waals surface area (Å²) in [4.78, 5) is 2.22. The summed E-state index contributed by atoms with van der Waals surface area (Å²) in [6.45, 7) is 5.57. The summed E-state index contributed by atoms with van der Waals surface area (Å²) >= 11 is 0. The predicted molar refractivity (Wildman–Crippen MR) is 76.7 cm³/mol. The maximum Gasteiger partial charge on any atom is 0.123 e. The van der Waals surface area contributed by atoms with Gasteiger partial charge in [-0.25, -0.2) is 4.39 Å². The SMILES string of the molecule is CCCNC(COC)CN(C)Cc1ccc(F)cc1. The van der Waals surface area contributed by atoms with Crippen LogP contribution in [0.4, 0.5) is 4.39 Å². The topological polar surface area (TPSA) is 24.5 Å². The minimum Gasteiger partial charge on any atom is -0.383 e. The van der Waals surface area contributed by atoms with Crippen molar-refractivity contribution in [2.24, 2.45) is 0 Å². The number of nitrogens with zero attached hydrogens (tertiary/aromatic N) is 1. The third-order valence-corrected chi connectivity index (χ3v) is 2.95. The van der Waals surface area contributed by atoms with Crippen LogP contribution in [0.1, 0.15) is 18.9 Å². The second kappa shape index (κ2) is 9.02. The second-order valence-corrected chi connectivity index (χ2v) is 4.93. The monoisotopic (exact) mass is 268 g/mol. The molecule has 0 spiro atoms. The number of benzene rings is 1. The molecule has 0 amide bonds. The summed E-state index contributed by atoms with van der Waals surface area (Å²) in [7, 11) is 3.79. The van der Waals surface area contributed by atoms with Crippen LogP contribution in [0, 0.1) is 5.82 Å². The van der Waals surface area contributed by atoms with Crippen molar-refractivity contribution in [2.45, 2.75) is 25.9 Å². The highest BCUT2D eigenvalue weighted by molar-refractivity contribution is 5.15. The van der Waals surface area contributed by atoms with E-state index in [1.54, 1.807) is 7.11 Å². The Hall–Kier alpha value is -0.970. The van der Waals surface area contributed by atoms with Crippen LogP contribution in [0.25, 0.3) is 0 Å². The number of ether oxygens (including phenoxy) is 1. The van der Waals surface area contributed by atoms with E-state index in [0.29, 0.717) is 12.6 Å². The zero-order valence-electron chi connectivity index (χ0n) is 12.2. The number of hydrogen-bond acceptors (Lipinski definition) is 3. The van der Waals surface area contributed by atoms with Crippen LogP contribution in [0.3, 0.4) is 0 Å². The highest BCUT2D eigenvalue weighted by atomic mass is 19.1. The average Bonchev–Trinajstić information content (AvgIpc) is 2.39. The van der Waals surface area contributed by atoms with Crippen molar-refractivity contribution in [3.05, 3.63) is 35.6 Å². The molecule has 0 bridgehead atoms. The molecule has 1 atom stereocenters. The molecule has 108 valence electrons. The largest absolute Gasteiger partial charge is 0.383 e. The number of methoxy groups -OCH3 is 1. The van der Waals surface area contributed by atoms with Gasteiger partial charge in [-0.15, -0.1) is 0 Å². The van der Waals surface area contributed by atoms with Crippen molar-refractivity contribution in [1.29, 1.82) is 0 Å². The van der Waals surface area contributed by atoms with Gasteiger partial charge in [-0.3, -0.25) is 0 Å². The van der Waals surface area contributed by atoms with Gasteiger partial charge < -0.3 is 15.0 Å². The summed E-state index contributed by atoms with van der Waals surface area (Å²) in [6.07, 6.45) is 1.11. The van der Waals surface area contributed by atoms with Crippen molar-refractivity contribution in [3.63, 3.8) is 0 Å². The molecular weight excluding hydrogens is 243 g/mol. The van der Waals surface area contributed by atoms with E-state index in [1.165, 1.54) is 12.1 Å². The number of halogens is 1. The van der Waals surface area contributed by atoms with Gasteiger partial charge in [0, 0.05) is 26.2 Å². The molecule has 0 heterocycles. The van der Waals surface area contributed by atoms with Gasteiger partial charge in [-0.1, -0.05) is 19.1 Å². The zero-order valence-corrected chi connectivity index (χ0v) is 12.2. The second-order valence-electron chi connectivity index (χ2n) is 4.93. The van der Waals surface area contributed by atoms with Crippen LogP contribution in [-0.2, 0) is 11.3 Å². The van der Waals surface area contributed by atoms with Crippen molar-refractivity contribution in [1.82, 2.24) is 10.2 Å². The molecule has 1 N–H and O–H groups in total. The number of nitrogens with one attached hydrogen (secondary N) is 1.